The molecule has 0 saturated carbocycles. The van der Waals surface area contributed by atoms with Crippen LogP contribution in [0.3, 0.4) is 0 Å². The quantitative estimate of drug-likeness (QED) is 0.823. The molecule has 3 amide bonds. The van der Waals surface area contributed by atoms with Gasteiger partial charge < -0.3 is 0 Å². The molecular weight excluding hydrogens is 297 g/mol. The van der Waals surface area contributed by atoms with Crippen molar-refractivity contribution in [1.29, 1.82) is 0 Å². The highest BCUT2D eigenvalue weighted by atomic mass is 35.5. The Morgan fingerprint density at radius 1 is 1.28 bits per heavy atom. The van der Waals surface area contributed by atoms with E-state index < -0.39 is 6.03 Å². The van der Waals surface area contributed by atoms with Gasteiger partial charge >= 0.3 is 6.03 Å². The Hall–Kier alpha value is -0.950. The van der Waals surface area contributed by atoms with Crippen LogP contribution in [0.25, 0.3) is 0 Å². The topological polar surface area (TPSA) is 61.4 Å². The lowest BCUT2D eigenvalue weighted by atomic mass is 10.3. The molecule has 1 fully saturated rings. The first-order chi connectivity index (χ1) is 8.52. The minimum Gasteiger partial charge on any atom is -0.275 e. The fourth-order valence-electron chi connectivity index (χ4n) is 1.52. The van der Waals surface area contributed by atoms with Gasteiger partial charge in [0.2, 0.25) is 5.91 Å². The Bertz CT molecular complexity index is 501. The number of rotatable bonds is 2. The number of urea groups is 1. The lowest BCUT2D eigenvalue weighted by Crippen LogP contribution is -2.59. The van der Waals surface area contributed by atoms with Crippen molar-refractivity contribution in [1.82, 2.24) is 10.7 Å². The molecule has 0 aromatic heterocycles. The van der Waals surface area contributed by atoms with Gasteiger partial charge in [-0.25, -0.2) is 15.2 Å². The third kappa shape index (κ3) is 2.56. The van der Waals surface area contributed by atoms with Crippen LogP contribution in [0.1, 0.15) is 0 Å². The van der Waals surface area contributed by atoms with Crippen molar-refractivity contribution in [3.63, 3.8) is 0 Å². The van der Waals surface area contributed by atoms with E-state index in [1.165, 1.54) is 16.8 Å². The largest absolute Gasteiger partial charge is 0.343 e. The number of carbonyl (C=O) groups is 2. The number of thioether (sulfide) groups is 1. The first-order valence-electron chi connectivity index (χ1n) is 4.93. The van der Waals surface area contributed by atoms with Gasteiger partial charge in [-0.05, 0) is 18.4 Å². The Morgan fingerprint density at radius 2 is 1.89 bits per heavy atom. The van der Waals surface area contributed by atoms with Gasteiger partial charge in [-0.15, -0.1) is 11.8 Å². The number of carbonyl (C=O) groups excluding carboxylic acids is 2. The number of hydrogen-bond acceptors (Lipinski definition) is 4. The van der Waals surface area contributed by atoms with Crippen molar-refractivity contribution < 1.29 is 9.59 Å². The minimum atomic E-state index is -0.560. The maximum atomic E-state index is 11.6. The molecule has 2 rings (SSSR count). The molecule has 0 unspecified atom stereocenters. The summed E-state index contributed by atoms with van der Waals surface area (Å²) in [6, 6.07) is 2.67. The summed E-state index contributed by atoms with van der Waals surface area (Å²) in [5.41, 5.74) is 3.15. The Kier molecular flexibility index (Phi) is 4.01. The fourth-order valence-corrected chi connectivity index (χ4v) is 2.97. The van der Waals surface area contributed by atoms with E-state index in [9.17, 15) is 9.59 Å². The van der Waals surface area contributed by atoms with Gasteiger partial charge in [0.15, 0.2) is 0 Å². The van der Waals surface area contributed by atoms with E-state index in [1.807, 2.05) is 6.26 Å². The van der Waals surface area contributed by atoms with Crippen molar-refractivity contribution in [3.05, 3.63) is 22.2 Å². The molecule has 1 heterocycles. The van der Waals surface area contributed by atoms with E-state index in [0.29, 0.717) is 15.7 Å². The summed E-state index contributed by atoms with van der Waals surface area (Å²) in [7, 11) is 0. The molecule has 5 nitrogen and oxygen atoms in total. The highest BCUT2D eigenvalue weighted by molar-refractivity contribution is 7.98. The summed E-state index contributed by atoms with van der Waals surface area (Å²) >= 11 is 13.6. The van der Waals surface area contributed by atoms with Crippen molar-refractivity contribution in [3.8, 4) is 0 Å². The summed E-state index contributed by atoms with van der Waals surface area (Å²) < 4.78 is 0. The van der Waals surface area contributed by atoms with Gasteiger partial charge in [0, 0.05) is 4.90 Å². The lowest BCUT2D eigenvalue weighted by molar-refractivity contribution is -0.119. The second-order valence-electron chi connectivity index (χ2n) is 3.47. The molecule has 0 aliphatic carbocycles. The molecular formula is C10H9Cl2N3O2S. The molecule has 0 atom stereocenters. The molecule has 1 aromatic carbocycles. The number of imide groups is 1. The zero-order valence-electron chi connectivity index (χ0n) is 9.29. The van der Waals surface area contributed by atoms with E-state index in [1.54, 1.807) is 12.1 Å². The van der Waals surface area contributed by atoms with E-state index in [2.05, 4.69) is 10.7 Å². The van der Waals surface area contributed by atoms with Crippen molar-refractivity contribution in [2.75, 3.05) is 17.8 Å². The molecule has 1 aliphatic heterocycles. The Morgan fingerprint density at radius 3 is 2.39 bits per heavy atom. The van der Waals surface area contributed by atoms with Crippen LogP contribution in [-0.2, 0) is 4.79 Å². The maximum Gasteiger partial charge on any atom is 0.343 e. The number of anilines is 1. The number of nitrogens with zero attached hydrogens (tertiary/aromatic N) is 1. The van der Waals surface area contributed by atoms with Gasteiger partial charge in [-0.3, -0.25) is 10.1 Å². The predicted molar refractivity (Wildman–Crippen MR) is 72.3 cm³/mol. The van der Waals surface area contributed by atoms with Crippen LogP contribution in [0.4, 0.5) is 10.5 Å². The molecule has 1 aromatic rings. The average molecular weight is 306 g/mol. The predicted octanol–water partition coefficient (Wildman–Crippen LogP) is 2.28. The van der Waals surface area contributed by atoms with Crippen LogP contribution in [0.15, 0.2) is 17.0 Å². The highest BCUT2D eigenvalue weighted by Gasteiger charge is 2.25. The first-order valence-corrected chi connectivity index (χ1v) is 6.91. The molecule has 8 heteroatoms. The second kappa shape index (κ2) is 5.36. The van der Waals surface area contributed by atoms with Gasteiger partial charge in [0.25, 0.3) is 0 Å². The molecule has 18 heavy (non-hydrogen) atoms. The van der Waals surface area contributed by atoms with Crippen LogP contribution in [-0.4, -0.2) is 24.7 Å². The number of halogens is 2. The van der Waals surface area contributed by atoms with Gasteiger partial charge in [0.1, 0.15) is 0 Å². The number of hydrazine groups is 1. The first kappa shape index (κ1) is 13.5. The molecule has 96 valence electrons. The van der Waals surface area contributed by atoms with Gasteiger partial charge in [-0.1, -0.05) is 23.2 Å². The zero-order chi connectivity index (χ0) is 13.3. The fraction of sp³-hybridized carbons (Fsp3) is 0.200. The van der Waals surface area contributed by atoms with Gasteiger partial charge in [0.05, 0.1) is 22.3 Å². The molecule has 0 radical (unpaired) electrons. The number of benzene rings is 1. The minimum absolute atomic E-state index is 0.0191. The van der Waals surface area contributed by atoms with Crippen molar-refractivity contribution in [2.24, 2.45) is 0 Å². The zero-order valence-corrected chi connectivity index (χ0v) is 11.6. The van der Waals surface area contributed by atoms with E-state index in [4.69, 9.17) is 23.2 Å². The third-order valence-corrected chi connectivity index (χ3v) is 3.96. The number of hydrogen-bond donors (Lipinski definition) is 2. The van der Waals surface area contributed by atoms with Crippen molar-refractivity contribution in [2.45, 2.75) is 4.90 Å². The van der Waals surface area contributed by atoms with E-state index in [-0.39, 0.29) is 12.5 Å². The highest BCUT2D eigenvalue weighted by Crippen LogP contribution is 2.36. The van der Waals surface area contributed by atoms with Crippen LogP contribution in [0.5, 0.6) is 0 Å². The number of nitrogens with one attached hydrogen (secondary N) is 2. The summed E-state index contributed by atoms with van der Waals surface area (Å²) in [5.74, 6) is -0.380. The second-order valence-corrected chi connectivity index (χ2v) is 5.10. The van der Waals surface area contributed by atoms with Gasteiger partial charge in [-0.2, -0.15) is 0 Å². The normalized spacial score (nSPS) is 15.8. The van der Waals surface area contributed by atoms with Crippen LogP contribution in [0, 0.1) is 0 Å². The third-order valence-electron chi connectivity index (χ3n) is 2.29. The summed E-state index contributed by atoms with van der Waals surface area (Å²) in [6.07, 6.45) is 1.86. The number of amides is 3. The SMILES string of the molecule is CSc1c(Cl)cc(N2NCC(=O)NC2=O)cc1Cl. The smallest absolute Gasteiger partial charge is 0.275 e. The average Bonchev–Trinajstić information content (AvgIpc) is 2.28. The monoisotopic (exact) mass is 305 g/mol. The Balaban J connectivity index is 2.34. The summed E-state index contributed by atoms with van der Waals surface area (Å²) in [6.45, 7) is 0.0191. The lowest BCUT2D eigenvalue weighted by Gasteiger charge is -2.27. The van der Waals surface area contributed by atoms with Crippen LogP contribution < -0.4 is 15.8 Å². The summed E-state index contributed by atoms with van der Waals surface area (Å²) in [5, 5.41) is 4.30. The molecule has 0 bridgehead atoms. The molecule has 1 saturated heterocycles. The van der Waals surface area contributed by atoms with Crippen LogP contribution >= 0.6 is 35.0 Å². The standard InChI is InChI=1S/C10H9Cl2N3O2S/c1-18-9-6(11)2-5(3-7(9)12)15-10(17)14-8(16)4-13-15/h2-3,13H,4H2,1H3,(H,14,16,17). The van der Waals surface area contributed by atoms with Crippen LogP contribution in [0.2, 0.25) is 10.0 Å². The maximum absolute atomic E-state index is 11.6. The van der Waals surface area contributed by atoms with Crippen molar-refractivity contribution >= 4 is 52.6 Å². The Labute approximate surface area is 118 Å². The van der Waals surface area contributed by atoms with E-state index >= 15 is 0 Å². The summed E-state index contributed by atoms with van der Waals surface area (Å²) in [4.78, 5) is 23.4. The molecule has 2 N–H and O–H groups in total. The molecule has 0 spiro atoms. The van der Waals surface area contributed by atoms with E-state index in [0.717, 1.165) is 4.90 Å². The molecule has 1 aliphatic rings.